The Kier molecular flexibility index (Phi) is 6.85. The summed E-state index contributed by atoms with van der Waals surface area (Å²) in [6.07, 6.45) is -0.0944. The SMILES string of the molecule is COCc1ccc(OC)c(CN2CCO[C@@H](c3cccc(Nc4nncs4)n3)C2)c1. The molecule has 30 heavy (non-hydrogen) atoms. The van der Waals surface area contributed by atoms with Gasteiger partial charge in [-0.2, -0.15) is 0 Å². The number of hydrogen-bond donors (Lipinski definition) is 1. The molecule has 0 bridgehead atoms. The van der Waals surface area contributed by atoms with Crippen LogP contribution in [0.3, 0.4) is 0 Å². The van der Waals surface area contributed by atoms with Gasteiger partial charge in [0.2, 0.25) is 5.13 Å². The summed E-state index contributed by atoms with van der Waals surface area (Å²) < 4.78 is 16.9. The number of hydrogen-bond acceptors (Lipinski definition) is 9. The second kappa shape index (κ2) is 9.94. The lowest BCUT2D eigenvalue weighted by molar-refractivity contribution is -0.0351. The monoisotopic (exact) mass is 427 g/mol. The van der Waals surface area contributed by atoms with Gasteiger partial charge < -0.3 is 19.5 Å². The number of aromatic nitrogens is 3. The zero-order valence-corrected chi connectivity index (χ0v) is 17.9. The van der Waals surface area contributed by atoms with Crippen molar-refractivity contribution < 1.29 is 14.2 Å². The molecule has 1 aromatic carbocycles. The van der Waals surface area contributed by atoms with E-state index in [1.165, 1.54) is 11.3 Å². The molecule has 9 heteroatoms. The van der Waals surface area contributed by atoms with Gasteiger partial charge in [-0.3, -0.25) is 4.90 Å². The van der Waals surface area contributed by atoms with E-state index in [-0.39, 0.29) is 6.10 Å². The van der Waals surface area contributed by atoms with Gasteiger partial charge in [-0.05, 0) is 29.8 Å². The van der Waals surface area contributed by atoms with Gasteiger partial charge in [0.05, 0.1) is 26.0 Å². The second-order valence-electron chi connectivity index (χ2n) is 6.99. The molecule has 1 N–H and O–H groups in total. The molecule has 2 aromatic heterocycles. The molecule has 1 aliphatic heterocycles. The number of anilines is 2. The number of nitrogens with one attached hydrogen (secondary N) is 1. The summed E-state index contributed by atoms with van der Waals surface area (Å²) in [6.45, 7) is 3.63. The van der Waals surface area contributed by atoms with Gasteiger partial charge in [0, 0.05) is 32.3 Å². The van der Waals surface area contributed by atoms with Crippen LogP contribution in [0.15, 0.2) is 41.9 Å². The minimum Gasteiger partial charge on any atom is -0.496 e. The first-order chi connectivity index (χ1) is 14.7. The Labute approximate surface area is 179 Å². The van der Waals surface area contributed by atoms with E-state index in [1.54, 1.807) is 19.7 Å². The molecule has 158 valence electrons. The first kappa shape index (κ1) is 20.7. The van der Waals surface area contributed by atoms with Crippen molar-refractivity contribution in [3.63, 3.8) is 0 Å². The van der Waals surface area contributed by atoms with Crippen molar-refractivity contribution in [1.29, 1.82) is 0 Å². The van der Waals surface area contributed by atoms with Crippen molar-refractivity contribution >= 4 is 22.3 Å². The quantitative estimate of drug-likeness (QED) is 0.586. The van der Waals surface area contributed by atoms with E-state index in [2.05, 4.69) is 26.5 Å². The summed E-state index contributed by atoms with van der Waals surface area (Å²) in [5.41, 5.74) is 4.86. The van der Waals surface area contributed by atoms with Crippen LogP contribution in [0.25, 0.3) is 0 Å². The summed E-state index contributed by atoms with van der Waals surface area (Å²) in [5.74, 6) is 1.62. The summed E-state index contributed by atoms with van der Waals surface area (Å²) in [5, 5.41) is 11.7. The van der Waals surface area contributed by atoms with Gasteiger partial charge in [-0.25, -0.2) is 4.98 Å². The molecule has 1 fully saturated rings. The van der Waals surface area contributed by atoms with Gasteiger partial charge in [0.1, 0.15) is 23.2 Å². The molecule has 1 saturated heterocycles. The van der Waals surface area contributed by atoms with Crippen molar-refractivity contribution in [2.75, 3.05) is 39.2 Å². The minimum atomic E-state index is -0.0944. The zero-order valence-electron chi connectivity index (χ0n) is 17.1. The molecule has 4 rings (SSSR count). The largest absolute Gasteiger partial charge is 0.496 e. The third-order valence-corrected chi connectivity index (χ3v) is 5.50. The van der Waals surface area contributed by atoms with E-state index in [1.807, 2.05) is 30.3 Å². The van der Waals surface area contributed by atoms with E-state index >= 15 is 0 Å². The highest BCUT2D eigenvalue weighted by Crippen LogP contribution is 2.27. The van der Waals surface area contributed by atoms with Gasteiger partial charge in [0.25, 0.3) is 0 Å². The van der Waals surface area contributed by atoms with Crippen molar-refractivity contribution in [1.82, 2.24) is 20.1 Å². The lowest BCUT2D eigenvalue weighted by Crippen LogP contribution is -2.38. The fourth-order valence-electron chi connectivity index (χ4n) is 3.52. The number of rotatable bonds is 8. The summed E-state index contributed by atoms with van der Waals surface area (Å²) in [7, 11) is 3.41. The third-order valence-electron chi connectivity index (χ3n) is 4.90. The summed E-state index contributed by atoms with van der Waals surface area (Å²) in [6, 6.07) is 12.1. The standard InChI is InChI=1S/C21H25N5O3S/c1-27-13-15-6-7-18(28-2)16(10-15)11-26-8-9-29-19(12-26)17-4-3-5-20(23-17)24-21-25-22-14-30-21/h3-7,10,14,19H,8-9,11-13H2,1-2H3,(H,23,24,25)/t19-/m1/s1. The second-order valence-corrected chi connectivity index (χ2v) is 7.82. The highest BCUT2D eigenvalue weighted by molar-refractivity contribution is 7.13. The van der Waals surface area contributed by atoms with Crippen LogP contribution in [0.2, 0.25) is 0 Å². The maximum absolute atomic E-state index is 6.03. The zero-order chi connectivity index (χ0) is 20.8. The van der Waals surface area contributed by atoms with Crippen LogP contribution in [0, 0.1) is 0 Å². The Bertz CT molecular complexity index is 954. The Morgan fingerprint density at radius 3 is 3.00 bits per heavy atom. The van der Waals surface area contributed by atoms with Crippen LogP contribution < -0.4 is 10.1 Å². The van der Waals surface area contributed by atoms with E-state index in [4.69, 9.17) is 19.2 Å². The van der Waals surface area contributed by atoms with Gasteiger partial charge in [-0.15, -0.1) is 10.2 Å². The molecular formula is C21H25N5O3S. The number of ether oxygens (including phenoxy) is 3. The lowest BCUT2D eigenvalue weighted by Gasteiger charge is -2.33. The van der Waals surface area contributed by atoms with Crippen molar-refractivity contribution in [2.45, 2.75) is 19.3 Å². The Morgan fingerprint density at radius 2 is 2.20 bits per heavy atom. The number of benzene rings is 1. The lowest BCUT2D eigenvalue weighted by atomic mass is 10.1. The number of methoxy groups -OCH3 is 2. The molecule has 1 atom stereocenters. The highest BCUT2D eigenvalue weighted by atomic mass is 32.1. The fourth-order valence-corrected chi connectivity index (χ4v) is 3.97. The average Bonchev–Trinajstić information content (AvgIpc) is 3.28. The smallest absolute Gasteiger partial charge is 0.210 e. The third kappa shape index (κ3) is 5.11. The summed E-state index contributed by atoms with van der Waals surface area (Å²) >= 11 is 1.44. The topological polar surface area (TPSA) is 81.6 Å². The minimum absolute atomic E-state index is 0.0944. The maximum Gasteiger partial charge on any atom is 0.210 e. The molecule has 0 radical (unpaired) electrons. The van der Waals surface area contributed by atoms with Crippen LogP contribution in [0.4, 0.5) is 10.9 Å². The van der Waals surface area contributed by atoms with E-state index in [0.29, 0.717) is 18.3 Å². The molecule has 1 aliphatic rings. The molecule has 0 unspecified atom stereocenters. The van der Waals surface area contributed by atoms with E-state index in [9.17, 15) is 0 Å². The summed E-state index contributed by atoms with van der Waals surface area (Å²) in [4.78, 5) is 7.09. The van der Waals surface area contributed by atoms with Crippen molar-refractivity contribution in [2.24, 2.45) is 0 Å². The maximum atomic E-state index is 6.03. The van der Waals surface area contributed by atoms with Gasteiger partial charge >= 0.3 is 0 Å². The first-order valence-corrected chi connectivity index (χ1v) is 10.6. The van der Waals surface area contributed by atoms with Crippen LogP contribution in [0.1, 0.15) is 22.9 Å². The predicted molar refractivity (Wildman–Crippen MR) is 115 cm³/mol. The van der Waals surface area contributed by atoms with Gasteiger partial charge in [0.15, 0.2) is 0 Å². The molecule has 3 heterocycles. The molecule has 0 aliphatic carbocycles. The normalized spacial score (nSPS) is 17.1. The Morgan fingerprint density at radius 1 is 1.27 bits per heavy atom. The van der Waals surface area contributed by atoms with Crippen molar-refractivity contribution in [3.05, 3.63) is 58.7 Å². The van der Waals surface area contributed by atoms with E-state index < -0.39 is 0 Å². The van der Waals surface area contributed by atoms with Crippen molar-refractivity contribution in [3.8, 4) is 5.75 Å². The van der Waals surface area contributed by atoms with Crippen LogP contribution >= 0.6 is 11.3 Å². The van der Waals surface area contributed by atoms with Gasteiger partial charge in [-0.1, -0.05) is 23.5 Å². The average molecular weight is 428 g/mol. The number of pyridine rings is 1. The molecule has 0 saturated carbocycles. The predicted octanol–water partition coefficient (Wildman–Crippen LogP) is 3.41. The Hall–Kier alpha value is -2.59. The highest BCUT2D eigenvalue weighted by Gasteiger charge is 2.24. The molecule has 0 amide bonds. The molecule has 3 aromatic rings. The fraction of sp³-hybridized carbons (Fsp3) is 0.381. The van der Waals surface area contributed by atoms with E-state index in [0.717, 1.165) is 48.0 Å². The molecular weight excluding hydrogens is 402 g/mol. The van der Waals surface area contributed by atoms with Crippen LogP contribution in [0.5, 0.6) is 5.75 Å². The molecule has 8 nitrogen and oxygen atoms in total. The first-order valence-electron chi connectivity index (χ1n) is 9.74. The van der Waals surface area contributed by atoms with Crippen LogP contribution in [-0.2, 0) is 22.6 Å². The number of nitrogens with zero attached hydrogens (tertiary/aromatic N) is 4. The molecule has 0 spiro atoms. The number of morpholine rings is 1. The Balaban J connectivity index is 1.45. The van der Waals surface area contributed by atoms with Crippen LogP contribution in [-0.4, -0.2) is 54.0 Å².